The van der Waals surface area contributed by atoms with Crippen LogP contribution in [0, 0.1) is 18.7 Å². The number of aryl methyl sites for hydroxylation is 1. The second-order valence-electron chi connectivity index (χ2n) is 5.68. The van der Waals surface area contributed by atoms with Crippen molar-refractivity contribution in [1.82, 2.24) is 10.0 Å². The lowest BCUT2D eigenvalue weighted by molar-refractivity contribution is 0.539. The van der Waals surface area contributed by atoms with Gasteiger partial charge in [0, 0.05) is 18.7 Å². The first-order chi connectivity index (χ1) is 9.77. The second-order valence-corrected chi connectivity index (χ2v) is 7.44. The molecule has 0 aromatic heterocycles. The average Bonchev–Trinajstić information content (AvgIpc) is 2.39. The predicted octanol–water partition coefficient (Wildman–Crippen LogP) is 2.57. The Hall–Kier alpha value is -0.980. The van der Waals surface area contributed by atoms with Crippen LogP contribution in [0.25, 0.3) is 0 Å². The van der Waals surface area contributed by atoms with Crippen LogP contribution in [-0.4, -0.2) is 22.0 Å². The standard InChI is InChI=1S/C15H25FN2O2S/c1-11(2)6-5-7-18-21(19,20)14-8-12(3)15(16)13(9-14)10-17-4/h8-9,11,17-18H,5-7,10H2,1-4H3. The first-order valence-corrected chi connectivity index (χ1v) is 8.69. The maximum absolute atomic E-state index is 13.9. The number of benzene rings is 1. The molecule has 0 unspecified atom stereocenters. The Kier molecular flexibility index (Phi) is 6.77. The zero-order valence-electron chi connectivity index (χ0n) is 13.2. The van der Waals surface area contributed by atoms with Crippen LogP contribution in [0.15, 0.2) is 17.0 Å². The lowest BCUT2D eigenvalue weighted by Crippen LogP contribution is -2.25. The molecule has 0 fully saturated rings. The van der Waals surface area contributed by atoms with Gasteiger partial charge in [0.05, 0.1) is 4.90 Å². The molecule has 0 radical (unpaired) electrons. The number of rotatable bonds is 8. The molecule has 120 valence electrons. The van der Waals surface area contributed by atoms with Crippen molar-refractivity contribution in [3.05, 3.63) is 29.1 Å². The largest absolute Gasteiger partial charge is 0.316 e. The number of hydrogen-bond acceptors (Lipinski definition) is 3. The molecular formula is C15H25FN2O2S. The van der Waals surface area contributed by atoms with Crippen LogP contribution >= 0.6 is 0 Å². The van der Waals surface area contributed by atoms with Gasteiger partial charge < -0.3 is 5.32 Å². The molecule has 1 aromatic carbocycles. The molecule has 0 aliphatic carbocycles. The van der Waals surface area contributed by atoms with Crippen LogP contribution in [-0.2, 0) is 16.6 Å². The molecule has 6 heteroatoms. The van der Waals surface area contributed by atoms with Gasteiger partial charge in [0.25, 0.3) is 0 Å². The first-order valence-electron chi connectivity index (χ1n) is 7.21. The van der Waals surface area contributed by atoms with E-state index < -0.39 is 10.0 Å². The number of sulfonamides is 1. The van der Waals surface area contributed by atoms with E-state index in [-0.39, 0.29) is 10.7 Å². The van der Waals surface area contributed by atoms with Crippen molar-refractivity contribution in [3.8, 4) is 0 Å². The molecule has 0 saturated heterocycles. The van der Waals surface area contributed by atoms with Crippen molar-refractivity contribution in [1.29, 1.82) is 0 Å². The monoisotopic (exact) mass is 316 g/mol. The molecular weight excluding hydrogens is 291 g/mol. The summed E-state index contributed by atoms with van der Waals surface area (Å²) in [5.74, 6) is 0.188. The van der Waals surface area contributed by atoms with E-state index in [9.17, 15) is 12.8 Å². The third-order valence-corrected chi connectivity index (χ3v) is 4.67. The molecule has 0 atom stereocenters. The van der Waals surface area contributed by atoms with Gasteiger partial charge in [-0.05, 0) is 50.4 Å². The van der Waals surface area contributed by atoms with Crippen LogP contribution in [0.3, 0.4) is 0 Å². The molecule has 1 rings (SSSR count). The van der Waals surface area contributed by atoms with Gasteiger partial charge in [-0.15, -0.1) is 0 Å². The fraction of sp³-hybridized carbons (Fsp3) is 0.600. The summed E-state index contributed by atoms with van der Waals surface area (Å²) in [4.78, 5) is 0.121. The third kappa shape index (κ3) is 5.37. The minimum absolute atomic E-state index is 0.121. The smallest absolute Gasteiger partial charge is 0.240 e. The van der Waals surface area contributed by atoms with Gasteiger partial charge in [-0.1, -0.05) is 13.8 Å². The molecule has 0 spiro atoms. The maximum atomic E-state index is 13.9. The summed E-state index contributed by atoms with van der Waals surface area (Å²) in [7, 11) is -1.89. The molecule has 21 heavy (non-hydrogen) atoms. The Labute approximate surface area is 127 Å². The van der Waals surface area contributed by atoms with Crippen molar-refractivity contribution >= 4 is 10.0 Å². The van der Waals surface area contributed by atoms with Gasteiger partial charge in [0.1, 0.15) is 5.82 Å². The van der Waals surface area contributed by atoms with Crippen LogP contribution in [0.1, 0.15) is 37.8 Å². The SMILES string of the molecule is CNCc1cc(S(=O)(=O)NCCCC(C)C)cc(C)c1F. The number of nitrogens with one attached hydrogen (secondary N) is 2. The molecule has 2 N–H and O–H groups in total. The van der Waals surface area contributed by atoms with E-state index in [4.69, 9.17) is 0 Å². The normalized spacial score (nSPS) is 12.1. The molecule has 0 aliphatic rings. The van der Waals surface area contributed by atoms with Gasteiger partial charge in [-0.3, -0.25) is 0 Å². The van der Waals surface area contributed by atoms with E-state index in [1.807, 2.05) is 0 Å². The summed E-state index contributed by atoms with van der Waals surface area (Å²) in [5.41, 5.74) is 0.699. The quantitative estimate of drug-likeness (QED) is 0.725. The average molecular weight is 316 g/mol. The van der Waals surface area contributed by atoms with Crippen LogP contribution in [0.5, 0.6) is 0 Å². The highest BCUT2D eigenvalue weighted by molar-refractivity contribution is 7.89. The number of halogens is 1. The van der Waals surface area contributed by atoms with E-state index in [0.717, 1.165) is 12.8 Å². The van der Waals surface area contributed by atoms with Crippen LogP contribution < -0.4 is 10.0 Å². The Bertz CT molecular complexity index is 571. The second kappa shape index (κ2) is 7.87. The summed E-state index contributed by atoms with van der Waals surface area (Å²) < 4.78 is 41.0. The van der Waals surface area contributed by atoms with E-state index in [0.29, 0.717) is 30.1 Å². The highest BCUT2D eigenvalue weighted by atomic mass is 32.2. The summed E-state index contributed by atoms with van der Waals surface area (Å²) >= 11 is 0. The fourth-order valence-corrected chi connectivity index (χ4v) is 3.29. The van der Waals surface area contributed by atoms with E-state index >= 15 is 0 Å². The Morgan fingerprint density at radius 1 is 1.29 bits per heavy atom. The van der Waals surface area contributed by atoms with Crippen LogP contribution in [0.2, 0.25) is 0 Å². The lowest BCUT2D eigenvalue weighted by atomic mass is 10.1. The minimum atomic E-state index is -3.58. The van der Waals surface area contributed by atoms with Gasteiger partial charge >= 0.3 is 0 Å². The third-order valence-electron chi connectivity index (χ3n) is 3.23. The lowest BCUT2D eigenvalue weighted by Gasteiger charge is -2.11. The molecule has 0 heterocycles. The Morgan fingerprint density at radius 2 is 1.95 bits per heavy atom. The summed E-state index contributed by atoms with van der Waals surface area (Å²) in [6.07, 6.45) is 1.76. The summed E-state index contributed by atoms with van der Waals surface area (Å²) in [6.45, 7) is 6.47. The topological polar surface area (TPSA) is 58.2 Å². The number of hydrogen-bond donors (Lipinski definition) is 2. The summed E-state index contributed by atoms with van der Waals surface area (Å²) in [5, 5.41) is 2.84. The van der Waals surface area contributed by atoms with Gasteiger partial charge in [0.15, 0.2) is 0 Å². The Balaban J connectivity index is 2.87. The van der Waals surface area contributed by atoms with Gasteiger partial charge in [-0.2, -0.15) is 0 Å². The maximum Gasteiger partial charge on any atom is 0.240 e. The molecule has 4 nitrogen and oxygen atoms in total. The molecule has 0 amide bonds. The summed E-state index contributed by atoms with van der Waals surface area (Å²) in [6, 6.07) is 2.77. The van der Waals surface area contributed by atoms with Crippen LogP contribution in [0.4, 0.5) is 4.39 Å². The van der Waals surface area contributed by atoms with Gasteiger partial charge in [-0.25, -0.2) is 17.5 Å². The zero-order chi connectivity index (χ0) is 16.0. The van der Waals surface area contributed by atoms with Crippen molar-refractivity contribution < 1.29 is 12.8 Å². The highest BCUT2D eigenvalue weighted by Gasteiger charge is 2.17. The predicted molar refractivity (Wildman–Crippen MR) is 83.2 cm³/mol. The van der Waals surface area contributed by atoms with Crippen molar-refractivity contribution in [2.24, 2.45) is 5.92 Å². The van der Waals surface area contributed by atoms with Crippen molar-refractivity contribution in [2.75, 3.05) is 13.6 Å². The van der Waals surface area contributed by atoms with Crippen molar-refractivity contribution in [3.63, 3.8) is 0 Å². The minimum Gasteiger partial charge on any atom is -0.316 e. The van der Waals surface area contributed by atoms with Crippen molar-refractivity contribution in [2.45, 2.75) is 45.1 Å². The Morgan fingerprint density at radius 3 is 2.52 bits per heavy atom. The first kappa shape index (κ1) is 18.1. The van der Waals surface area contributed by atoms with Gasteiger partial charge in [0.2, 0.25) is 10.0 Å². The molecule has 0 bridgehead atoms. The highest BCUT2D eigenvalue weighted by Crippen LogP contribution is 2.19. The van der Waals surface area contributed by atoms with E-state index in [1.165, 1.54) is 12.1 Å². The van der Waals surface area contributed by atoms with E-state index in [1.54, 1.807) is 14.0 Å². The fourth-order valence-electron chi connectivity index (χ4n) is 2.08. The molecule has 1 aromatic rings. The molecule has 0 aliphatic heterocycles. The zero-order valence-corrected chi connectivity index (χ0v) is 14.0. The van der Waals surface area contributed by atoms with E-state index in [2.05, 4.69) is 23.9 Å². The molecule has 0 saturated carbocycles.